The molecule has 1 aliphatic rings. The van der Waals surface area contributed by atoms with Gasteiger partial charge < -0.3 is 15.8 Å². The topological polar surface area (TPSA) is 64.3 Å². The van der Waals surface area contributed by atoms with E-state index in [2.05, 4.69) is 5.32 Å². The molecular weight excluding hydrogens is 168 g/mol. The van der Waals surface area contributed by atoms with E-state index in [1.165, 1.54) is 0 Å². The van der Waals surface area contributed by atoms with Crippen LogP contribution in [0.25, 0.3) is 0 Å². The maximum atomic E-state index is 10.7. The second-order valence-corrected chi connectivity index (χ2v) is 3.61. The lowest BCUT2D eigenvalue weighted by Crippen LogP contribution is -2.37. The number of rotatable bonds is 4. The summed E-state index contributed by atoms with van der Waals surface area (Å²) in [5.41, 5.74) is 5.12. The normalized spacial score (nSPS) is 25.5. The van der Waals surface area contributed by atoms with Gasteiger partial charge in [0.25, 0.3) is 0 Å². The van der Waals surface area contributed by atoms with Crippen LogP contribution in [0.1, 0.15) is 19.8 Å². The van der Waals surface area contributed by atoms with Gasteiger partial charge in [-0.2, -0.15) is 0 Å². The summed E-state index contributed by atoms with van der Waals surface area (Å²) in [4.78, 5) is 10.7. The lowest BCUT2D eigenvalue weighted by Gasteiger charge is -2.23. The molecule has 0 aromatic heterocycles. The van der Waals surface area contributed by atoms with E-state index in [0.29, 0.717) is 6.61 Å². The standard InChI is InChI=1S/C9H18N2O2/c1-7(9(10)12)6-13-8-3-2-4-11-5-8/h7-8,11H,2-6H2,1H3,(H2,10,12). The van der Waals surface area contributed by atoms with Crippen LogP contribution >= 0.6 is 0 Å². The molecule has 1 amide bonds. The lowest BCUT2D eigenvalue weighted by molar-refractivity contribution is -0.124. The van der Waals surface area contributed by atoms with Crippen molar-refractivity contribution in [2.24, 2.45) is 11.7 Å². The minimum absolute atomic E-state index is 0.179. The molecule has 0 saturated carbocycles. The Bertz CT molecular complexity index is 167. The van der Waals surface area contributed by atoms with Gasteiger partial charge in [-0.25, -0.2) is 0 Å². The summed E-state index contributed by atoms with van der Waals surface area (Å²) >= 11 is 0. The Morgan fingerprint density at radius 3 is 3.08 bits per heavy atom. The van der Waals surface area contributed by atoms with Crippen molar-refractivity contribution in [3.05, 3.63) is 0 Å². The van der Waals surface area contributed by atoms with Crippen LogP contribution in [0.2, 0.25) is 0 Å². The molecule has 2 unspecified atom stereocenters. The van der Waals surface area contributed by atoms with E-state index >= 15 is 0 Å². The summed E-state index contributed by atoms with van der Waals surface area (Å²) in [5.74, 6) is -0.467. The average molecular weight is 186 g/mol. The van der Waals surface area contributed by atoms with Crippen molar-refractivity contribution in [2.75, 3.05) is 19.7 Å². The Morgan fingerprint density at radius 2 is 2.54 bits per heavy atom. The Hall–Kier alpha value is -0.610. The molecule has 2 atom stereocenters. The third-order valence-electron chi connectivity index (χ3n) is 2.32. The van der Waals surface area contributed by atoms with Gasteiger partial charge in [0.1, 0.15) is 0 Å². The molecule has 0 aromatic carbocycles. The number of amides is 1. The highest BCUT2D eigenvalue weighted by atomic mass is 16.5. The van der Waals surface area contributed by atoms with E-state index in [9.17, 15) is 4.79 Å². The number of hydrogen-bond acceptors (Lipinski definition) is 3. The maximum absolute atomic E-state index is 10.7. The smallest absolute Gasteiger partial charge is 0.222 e. The van der Waals surface area contributed by atoms with Crippen LogP contribution in [0.5, 0.6) is 0 Å². The monoisotopic (exact) mass is 186 g/mol. The number of hydrogen-bond donors (Lipinski definition) is 2. The summed E-state index contributed by atoms with van der Waals surface area (Å²) < 4.78 is 5.54. The molecule has 3 N–H and O–H groups in total. The zero-order valence-electron chi connectivity index (χ0n) is 8.08. The molecule has 1 rings (SSSR count). The molecule has 76 valence electrons. The Kier molecular flexibility index (Phi) is 4.18. The molecular formula is C9H18N2O2. The van der Waals surface area contributed by atoms with E-state index in [-0.39, 0.29) is 17.9 Å². The highest BCUT2D eigenvalue weighted by molar-refractivity contribution is 5.76. The van der Waals surface area contributed by atoms with Crippen molar-refractivity contribution in [1.29, 1.82) is 0 Å². The van der Waals surface area contributed by atoms with Crippen LogP contribution in [0, 0.1) is 5.92 Å². The van der Waals surface area contributed by atoms with Crippen LogP contribution in [0.15, 0.2) is 0 Å². The number of carbonyl (C=O) groups is 1. The van der Waals surface area contributed by atoms with Gasteiger partial charge in [-0.1, -0.05) is 6.92 Å². The highest BCUT2D eigenvalue weighted by Gasteiger charge is 2.16. The van der Waals surface area contributed by atoms with Crippen molar-refractivity contribution in [1.82, 2.24) is 5.32 Å². The first-order chi connectivity index (χ1) is 6.20. The van der Waals surface area contributed by atoms with E-state index in [4.69, 9.17) is 10.5 Å². The average Bonchev–Trinajstić information content (AvgIpc) is 2.15. The first-order valence-corrected chi connectivity index (χ1v) is 4.82. The van der Waals surface area contributed by atoms with Crippen LogP contribution in [-0.4, -0.2) is 31.7 Å². The molecule has 4 nitrogen and oxygen atoms in total. The van der Waals surface area contributed by atoms with Gasteiger partial charge in [0.05, 0.1) is 18.6 Å². The van der Waals surface area contributed by atoms with Crippen molar-refractivity contribution < 1.29 is 9.53 Å². The van der Waals surface area contributed by atoms with Gasteiger partial charge in [0.15, 0.2) is 0 Å². The summed E-state index contributed by atoms with van der Waals surface area (Å²) in [6, 6.07) is 0. The summed E-state index contributed by atoms with van der Waals surface area (Å²) in [6.45, 7) is 4.21. The van der Waals surface area contributed by atoms with Crippen molar-refractivity contribution in [3.8, 4) is 0 Å². The van der Waals surface area contributed by atoms with E-state index in [1.54, 1.807) is 6.92 Å². The predicted molar refractivity (Wildman–Crippen MR) is 50.2 cm³/mol. The summed E-state index contributed by atoms with van der Waals surface area (Å²) in [5, 5.41) is 3.25. The van der Waals surface area contributed by atoms with Crippen LogP contribution < -0.4 is 11.1 Å². The van der Waals surface area contributed by atoms with Gasteiger partial charge in [-0.3, -0.25) is 4.79 Å². The van der Waals surface area contributed by atoms with Gasteiger partial charge in [-0.15, -0.1) is 0 Å². The summed E-state index contributed by atoms with van der Waals surface area (Å²) in [6.07, 6.45) is 2.49. The number of primary amides is 1. The minimum Gasteiger partial charge on any atom is -0.376 e. The fraction of sp³-hybridized carbons (Fsp3) is 0.889. The van der Waals surface area contributed by atoms with Crippen molar-refractivity contribution >= 4 is 5.91 Å². The molecule has 4 heteroatoms. The minimum atomic E-state index is -0.288. The van der Waals surface area contributed by atoms with Gasteiger partial charge in [-0.05, 0) is 19.4 Å². The molecule has 0 bridgehead atoms. The third-order valence-corrected chi connectivity index (χ3v) is 2.32. The SMILES string of the molecule is CC(COC1CCCNC1)C(N)=O. The van der Waals surface area contributed by atoms with Crippen LogP contribution in [0.4, 0.5) is 0 Å². The summed E-state index contributed by atoms with van der Waals surface area (Å²) in [7, 11) is 0. The predicted octanol–water partition coefficient (Wildman–Crippen LogP) is -0.124. The van der Waals surface area contributed by atoms with Crippen LogP contribution in [-0.2, 0) is 9.53 Å². The molecule has 1 aliphatic heterocycles. The second kappa shape index (κ2) is 5.19. The molecule has 1 saturated heterocycles. The third kappa shape index (κ3) is 3.74. The molecule has 13 heavy (non-hydrogen) atoms. The maximum Gasteiger partial charge on any atom is 0.222 e. The Morgan fingerprint density at radius 1 is 1.77 bits per heavy atom. The fourth-order valence-electron chi connectivity index (χ4n) is 1.32. The van der Waals surface area contributed by atoms with E-state index < -0.39 is 0 Å². The number of nitrogens with one attached hydrogen (secondary N) is 1. The largest absolute Gasteiger partial charge is 0.376 e. The number of piperidine rings is 1. The molecule has 1 heterocycles. The molecule has 0 radical (unpaired) electrons. The first kappa shape index (κ1) is 10.5. The molecule has 0 aromatic rings. The zero-order valence-corrected chi connectivity index (χ0v) is 8.08. The van der Waals surface area contributed by atoms with Gasteiger partial charge in [0.2, 0.25) is 5.91 Å². The number of carbonyl (C=O) groups excluding carboxylic acids is 1. The zero-order chi connectivity index (χ0) is 9.68. The van der Waals surface area contributed by atoms with Gasteiger partial charge in [0, 0.05) is 6.54 Å². The lowest BCUT2D eigenvalue weighted by atomic mass is 10.1. The molecule has 0 aliphatic carbocycles. The van der Waals surface area contributed by atoms with Crippen molar-refractivity contribution in [3.63, 3.8) is 0 Å². The number of ether oxygens (including phenoxy) is 1. The quantitative estimate of drug-likeness (QED) is 0.643. The Labute approximate surface area is 78.8 Å². The highest BCUT2D eigenvalue weighted by Crippen LogP contribution is 2.07. The molecule has 1 fully saturated rings. The second-order valence-electron chi connectivity index (χ2n) is 3.61. The Balaban J connectivity index is 2.13. The first-order valence-electron chi connectivity index (χ1n) is 4.82. The molecule has 0 spiro atoms. The van der Waals surface area contributed by atoms with Gasteiger partial charge >= 0.3 is 0 Å². The van der Waals surface area contributed by atoms with Crippen molar-refractivity contribution in [2.45, 2.75) is 25.9 Å². The fourth-order valence-corrected chi connectivity index (χ4v) is 1.32. The van der Waals surface area contributed by atoms with Crippen LogP contribution in [0.3, 0.4) is 0 Å². The van der Waals surface area contributed by atoms with E-state index in [1.807, 2.05) is 0 Å². The number of nitrogens with two attached hydrogens (primary N) is 1. The van der Waals surface area contributed by atoms with E-state index in [0.717, 1.165) is 25.9 Å².